The van der Waals surface area contributed by atoms with E-state index < -0.39 is 5.60 Å². The van der Waals surface area contributed by atoms with E-state index in [0.29, 0.717) is 37.3 Å². The molecule has 33 heavy (non-hydrogen) atoms. The van der Waals surface area contributed by atoms with E-state index in [9.17, 15) is 5.11 Å². The number of halogens is 1. The van der Waals surface area contributed by atoms with E-state index in [-0.39, 0.29) is 30.5 Å². The van der Waals surface area contributed by atoms with Crippen molar-refractivity contribution < 1.29 is 14.3 Å². The van der Waals surface area contributed by atoms with Gasteiger partial charge in [-0.15, -0.1) is 24.0 Å². The van der Waals surface area contributed by atoms with Gasteiger partial charge in [0.1, 0.15) is 23.7 Å². The molecule has 0 saturated heterocycles. The highest BCUT2D eigenvalue weighted by molar-refractivity contribution is 14.0. The third kappa shape index (κ3) is 7.75. The molecule has 0 bridgehead atoms. The second-order valence-corrected chi connectivity index (χ2v) is 7.89. The number of aliphatic hydroxyl groups is 1. The van der Waals surface area contributed by atoms with Crippen LogP contribution >= 0.6 is 24.0 Å². The van der Waals surface area contributed by atoms with Crippen LogP contribution in [0.15, 0.2) is 64.1 Å². The first kappa shape index (κ1) is 26.7. The zero-order valence-electron chi connectivity index (χ0n) is 19.6. The van der Waals surface area contributed by atoms with E-state index in [1.54, 1.807) is 13.1 Å². The fourth-order valence-electron chi connectivity index (χ4n) is 3.42. The predicted molar refractivity (Wildman–Crippen MR) is 141 cm³/mol. The number of guanidine groups is 1. The molecule has 0 spiro atoms. The van der Waals surface area contributed by atoms with Crippen LogP contribution in [0, 0.1) is 13.8 Å². The van der Waals surface area contributed by atoms with Crippen molar-refractivity contribution >= 4 is 29.9 Å². The maximum Gasteiger partial charge on any atom is 0.218 e. The average Bonchev–Trinajstić information content (AvgIpc) is 3.14. The molecular formula is C25H33IN4O3. The number of hydrogen-bond acceptors (Lipinski definition) is 5. The lowest BCUT2D eigenvalue weighted by Crippen LogP contribution is -2.44. The summed E-state index contributed by atoms with van der Waals surface area (Å²) in [5, 5.41) is 17.4. The molecule has 7 nitrogen and oxygen atoms in total. The number of rotatable bonds is 9. The largest absolute Gasteiger partial charge is 0.473 e. The van der Waals surface area contributed by atoms with Gasteiger partial charge in [-0.25, -0.2) is 9.98 Å². The van der Waals surface area contributed by atoms with E-state index in [1.165, 1.54) is 0 Å². The molecule has 2 heterocycles. The summed E-state index contributed by atoms with van der Waals surface area (Å²) in [5.74, 6) is 2.65. The summed E-state index contributed by atoms with van der Waals surface area (Å²) in [4.78, 5) is 9.04. The van der Waals surface area contributed by atoms with Crippen molar-refractivity contribution in [3.05, 3.63) is 82.9 Å². The van der Waals surface area contributed by atoms with E-state index in [4.69, 9.17) is 9.15 Å². The first-order chi connectivity index (χ1) is 15.4. The lowest BCUT2D eigenvalue weighted by molar-refractivity contribution is 0.0601. The van der Waals surface area contributed by atoms with Crippen LogP contribution in [0.2, 0.25) is 0 Å². The van der Waals surface area contributed by atoms with Gasteiger partial charge in [0.05, 0.1) is 13.1 Å². The van der Waals surface area contributed by atoms with Crippen molar-refractivity contribution in [3.63, 3.8) is 0 Å². The SMILES string of the molecule is CCNC(=NCc1cccnc1OCc1ccccc1)NCC(C)(O)c1cc(C)oc1C.I. The Morgan fingerprint density at radius 3 is 2.58 bits per heavy atom. The Bertz CT molecular complexity index is 1040. The molecule has 178 valence electrons. The Labute approximate surface area is 212 Å². The molecule has 1 atom stereocenters. The maximum absolute atomic E-state index is 11.0. The number of nitrogens with zero attached hydrogens (tertiary/aromatic N) is 2. The second-order valence-electron chi connectivity index (χ2n) is 7.89. The average molecular weight is 564 g/mol. The Morgan fingerprint density at radius 2 is 1.91 bits per heavy atom. The number of furan rings is 1. The first-order valence-corrected chi connectivity index (χ1v) is 10.8. The highest BCUT2D eigenvalue weighted by Crippen LogP contribution is 2.26. The standard InChI is InChI=1S/C25H32N4O3.HI/c1-5-26-24(29-17-25(4,30)22-14-18(2)32-19(22)3)28-15-21-12-9-13-27-23(21)31-16-20-10-7-6-8-11-20;/h6-14,30H,5,15-17H2,1-4H3,(H2,26,28,29);1H. The van der Waals surface area contributed by atoms with E-state index in [0.717, 1.165) is 22.5 Å². The summed E-state index contributed by atoms with van der Waals surface area (Å²) < 4.78 is 11.5. The van der Waals surface area contributed by atoms with Gasteiger partial charge in [-0.3, -0.25) is 0 Å². The summed E-state index contributed by atoms with van der Waals surface area (Å²) in [6, 6.07) is 15.7. The third-order valence-corrected chi connectivity index (χ3v) is 5.04. The molecular weight excluding hydrogens is 531 g/mol. The van der Waals surface area contributed by atoms with Crippen molar-refractivity contribution in [2.45, 2.75) is 46.4 Å². The normalized spacial score (nSPS) is 13.1. The molecule has 0 fully saturated rings. The number of nitrogens with one attached hydrogen (secondary N) is 2. The maximum atomic E-state index is 11.0. The number of aromatic nitrogens is 1. The Morgan fingerprint density at radius 1 is 1.15 bits per heavy atom. The van der Waals surface area contributed by atoms with Crippen molar-refractivity contribution in [2.75, 3.05) is 13.1 Å². The summed E-state index contributed by atoms with van der Waals surface area (Å²) in [6.07, 6.45) is 1.71. The van der Waals surface area contributed by atoms with E-state index in [2.05, 4.69) is 20.6 Å². The summed E-state index contributed by atoms with van der Waals surface area (Å²) >= 11 is 0. The smallest absolute Gasteiger partial charge is 0.218 e. The Balaban J connectivity index is 0.00000385. The van der Waals surface area contributed by atoms with Gasteiger partial charge < -0.3 is 24.9 Å². The molecule has 8 heteroatoms. The minimum Gasteiger partial charge on any atom is -0.473 e. The lowest BCUT2D eigenvalue weighted by atomic mass is 9.96. The Kier molecular flexibility index (Phi) is 10.2. The fourth-order valence-corrected chi connectivity index (χ4v) is 3.42. The molecule has 0 radical (unpaired) electrons. The number of aryl methyl sites for hydroxylation is 2. The third-order valence-electron chi connectivity index (χ3n) is 5.04. The highest BCUT2D eigenvalue weighted by Gasteiger charge is 2.27. The molecule has 0 aliphatic rings. The van der Waals surface area contributed by atoms with Gasteiger partial charge in [0, 0.05) is 23.9 Å². The number of benzene rings is 1. The topological polar surface area (TPSA) is 91.9 Å². The van der Waals surface area contributed by atoms with Crippen LogP contribution < -0.4 is 15.4 Å². The van der Waals surface area contributed by atoms with Crippen molar-refractivity contribution in [3.8, 4) is 5.88 Å². The molecule has 0 aliphatic heterocycles. The van der Waals surface area contributed by atoms with Gasteiger partial charge in [0.25, 0.3) is 0 Å². The van der Waals surface area contributed by atoms with E-state index >= 15 is 0 Å². The highest BCUT2D eigenvalue weighted by atomic mass is 127. The second kappa shape index (κ2) is 12.6. The molecule has 0 aliphatic carbocycles. The molecule has 3 rings (SSSR count). The zero-order chi connectivity index (χ0) is 23.0. The molecule has 1 aromatic carbocycles. The molecule has 3 N–H and O–H groups in total. The van der Waals surface area contributed by atoms with Gasteiger partial charge in [0.15, 0.2) is 5.96 Å². The molecule has 0 amide bonds. The summed E-state index contributed by atoms with van der Waals surface area (Å²) in [7, 11) is 0. The van der Waals surface area contributed by atoms with Gasteiger partial charge in [-0.05, 0) is 45.4 Å². The predicted octanol–water partition coefficient (Wildman–Crippen LogP) is 4.45. The van der Waals surface area contributed by atoms with Crippen LogP contribution in [0.4, 0.5) is 0 Å². The minimum atomic E-state index is -1.10. The summed E-state index contributed by atoms with van der Waals surface area (Å²) in [6.45, 7) is 9.30. The molecule has 1 unspecified atom stereocenters. The molecule has 0 saturated carbocycles. The van der Waals surface area contributed by atoms with Gasteiger partial charge >= 0.3 is 0 Å². The van der Waals surface area contributed by atoms with Gasteiger partial charge in [0.2, 0.25) is 5.88 Å². The number of ether oxygens (including phenoxy) is 1. The van der Waals surface area contributed by atoms with Crippen LogP contribution in [0.5, 0.6) is 5.88 Å². The Hall–Kier alpha value is -2.59. The van der Waals surface area contributed by atoms with Crippen LogP contribution in [0.3, 0.4) is 0 Å². The quantitative estimate of drug-likeness (QED) is 0.202. The van der Waals surface area contributed by atoms with E-state index in [1.807, 2.05) is 69.3 Å². The number of hydrogen-bond donors (Lipinski definition) is 3. The minimum absolute atomic E-state index is 0. The number of aliphatic imine (C=N–C) groups is 1. The van der Waals surface area contributed by atoms with Crippen molar-refractivity contribution in [1.29, 1.82) is 0 Å². The molecule has 3 aromatic rings. The van der Waals surface area contributed by atoms with Crippen LogP contribution in [-0.2, 0) is 18.8 Å². The monoisotopic (exact) mass is 564 g/mol. The van der Waals surface area contributed by atoms with Crippen LogP contribution in [0.1, 0.15) is 42.1 Å². The van der Waals surface area contributed by atoms with Gasteiger partial charge in [-0.2, -0.15) is 0 Å². The lowest BCUT2D eigenvalue weighted by Gasteiger charge is -2.24. The number of pyridine rings is 1. The summed E-state index contributed by atoms with van der Waals surface area (Å²) in [5.41, 5.74) is 1.63. The van der Waals surface area contributed by atoms with Gasteiger partial charge in [-0.1, -0.05) is 36.4 Å². The van der Waals surface area contributed by atoms with Crippen LogP contribution in [0.25, 0.3) is 0 Å². The van der Waals surface area contributed by atoms with Crippen molar-refractivity contribution in [1.82, 2.24) is 15.6 Å². The van der Waals surface area contributed by atoms with Crippen molar-refractivity contribution in [2.24, 2.45) is 4.99 Å². The fraction of sp³-hybridized carbons (Fsp3) is 0.360. The zero-order valence-corrected chi connectivity index (χ0v) is 21.9. The molecule has 2 aromatic heterocycles. The first-order valence-electron chi connectivity index (χ1n) is 10.8. The van der Waals surface area contributed by atoms with Crippen LogP contribution in [-0.4, -0.2) is 29.1 Å².